The number of rotatable bonds is 6. The monoisotopic (exact) mass is 338 g/mol. The largest absolute Gasteiger partial charge is 0.461 e. The summed E-state index contributed by atoms with van der Waals surface area (Å²) in [5, 5.41) is 10.4. The van der Waals surface area contributed by atoms with Gasteiger partial charge in [-0.1, -0.05) is 0 Å². The number of thiol groups is 1. The number of benzene rings is 1. The van der Waals surface area contributed by atoms with E-state index in [1.807, 2.05) is 4.90 Å². The lowest BCUT2D eigenvalue weighted by Gasteiger charge is -2.29. The Balaban J connectivity index is 1.77. The molecule has 124 valence electrons. The van der Waals surface area contributed by atoms with E-state index >= 15 is 0 Å². The van der Waals surface area contributed by atoms with Crippen molar-refractivity contribution in [1.82, 2.24) is 4.90 Å². The number of hydrogen-bond acceptors (Lipinski definition) is 6. The van der Waals surface area contributed by atoms with Gasteiger partial charge in [0.15, 0.2) is 5.12 Å². The fourth-order valence-corrected chi connectivity index (χ4v) is 2.70. The van der Waals surface area contributed by atoms with Crippen LogP contribution in [0.4, 0.5) is 5.69 Å². The molecule has 1 fully saturated rings. The molecule has 7 nitrogen and oxygen atoms in total. The summed E-state index contributed by atoms with van der Waals surface area (Å²) in [5.74, 6) is -0.431. The molecule has 0 saturated carbocycles. The zero-order valence-corrected chi connectivity index (χ0v) is 13.4. The summed E-state index contributed by atoms with van der Waals surface area (Å²) in [6, 6.07) is 5.92. The molecular weight excluding hydrogens is 320 g/mol. The second kappa shape index (κ2) is 8.07. The number of nitrogens with zero attached hydrogens (tertiary/aromatic N) is 2. The first-order valence-electron chi connectivity index (χ1n) is 7.30. The summed E-state index contributed by atoms with van der Waals surface area (Å²) in [6.45, 7) is 1.74. The molecule has 0 N–H and O–H groups in total. The van der Waals surface area contributed by atoms with Crippen LogP contribution in [0, 0.1) is 16.0 Å². The summed E-state index contributed by atoms with van der Waals surface area (Å²) in [7, 11) is 0. The number of piperidine rings is 1. The smallest absolute Gasteiger partial charge is 0.309 e. The number of carbonyl (C=O) groups excluding carboxylic acids is 2. The maximum Gasteiger partial charge on any atom is 0.309 e. The summed E-state index contributed by atoms with van der Waals surface area (Å²) in [4.78, 5) is 35.0. The highest BCUT2D eigenvalue weighted by Crippen LogP contribution is 2.20. The first kappa shape index (κ1) is 17.4. The van der Waals surface area contributed by atoms with Crippen LogP contribution in [0.15, 0.2) is 24.3 Å². The third-order valence-corrected chi connectivity index (χ3v) is 3.95. The van der Waals surface area contributed by atoms with Gasteiger partial charge in [0.05, 0.1) is 17.4 Å². The number of ether oxygens (including phenoxy) is 1. The fourth-order valence-electron chi connectivity index (χ4n) is 2.50. The van der Waals surface area contributed by atoms with Gasteiger partial charge in [-0.2, -0.15) is 0 Å². The third kappa shape index (κ3) is 5.33. The minimum absolute atomic E-state index is 0.00573. The maximum atomic E-state index is 12.0. The molecule has 1 heterocycles. The summed E-state index contributed by atoms with van der Waals surface area (Å²) in [5.41, 5.74) is 0.716. The standard InChI is InChI=1S/C15H18N2O5S/c18-14(23)9-16-7-5-12(6-8-16)15(19)22-10-11-1-3-13(4-2-11)17(20)21/h1-4,12H,5-10H2,(H,18,23). The van der Waals surface area contributed by atoms with Gasteiger partial charge in [0.25, 0.3) is 5.69 Å². The number of non-ortho nitro benzene ring substituents is 1. The first-order chi connectivity index (χ1) is 11.0. The van der Waals surface area contributed by atoms with Gasteiger partial charge in [-0.3, -0.25) is 24.6 Å². The van der Waals surface area contributed by atoms with Crippen LogP contribution in [0.1, 0.15) is 18.4 Å². The van der Waals surface area contributed by atoms with Crippen molar-refractivity contribution in [1.29, 1.82) is 0 Å². The van der Waals surface area contributed by atoms with Crippen LogP contribution in [0.5, 0.6) is 0 Å². The van der Waals surface area contributed by atoms with Gasteiger partial charge in [-0.15, -0.1) is 12.6 Å². The zero-order chi connectivity index (χ0) is 16.8. The van der Waals surface area contributed by atoms with E-state index in [0.717, 1.165) is 0 Å². The molecule has 1 aliphatic heterocycles. The van der Waals surface area contributed by atoms with Gasteiger partial charge in [0.2, 0.25) is 0 Å². The lowest BCUT2D eigenvalue weighted by atomic mass is 9.97. The van der Waals surface area contributed by atoms with E-state index in [2.05, 4.69) is 12.6 Å². The van der Waals surface area contributed by atoms with Gasteiger partial charge in [0, 0.05) is 12.1 Å². The topological polar surface area (TPSA) is 89.8 Å². The second-order valence-electron chi connectivity index (χ2n) is 5.48. The molecule has 1 saturated heterocycles. The van der Waals surface area contributed by atoms with Crippen LogP contribution < -0.4 is 0 Å². The SMILES string of the molecule is O=C(S)CN1CCC(C(=O)OCc2ccc([N+](=O)[O-])cc2)CC1. The Labute approximate surface area is 139 Å². The second-order valence-corrected chi connectivity index (χ2v) is 5.97. The highest BCUT2D eigenvalue weighted by Gasteiger charge is 2.26. The quantitative estimate of drug-likeness (QED) is 0.368. The Morgan fingerprint density at radius 3 is 2.39 bits per heavy atom. The highest BCUT2D eigenvalue weighted by atomic mass is 32.1. The number of likely N-dealkylation sites (tertiary alicyclic amines) is 1. The minimum atomic E-state index is -0.473. The average molecular weight is 338 g/mol. The van der Waals surface area contributed by atoms with E-state index in [9.17, 15) is 19.7 Å². The highest BCUT2D eigenvalue weighted by molar-refractivity contribution is 7.96. The molecule has 0 atom stereocenters. The normalized spacial score (nSPS) is 16.0. The first-order valence-corrected chi connectivity index (χ1v) is 7.74. The van der Waals surface area contributed by atoms with Gasteiger partial charge in [-0.25, -0.2) is 0 Å². The Hall–Kier alpha value is -1.93. The summed E-state index contributed by atoms with van der Waals surface area (Å²) in [6.07, 6.45) is 1.31. The number of nitro groups is 1. The van der Waals surface area contributed by atoms with Crippen molar-refractivity contribution >= 4 is 29.4 Å². The molecule has 1 aliphatic rings. The summed E-state index contributed by atoms with van der Waals surface area (Å²) >= 11 is 3.75. The Bertz CT molecular complexity index is 582. The lowest BCUT2D eigenvalue weighted by molar-refractivity contribution is -0.384. The number of esters is 1. The molecule has 0 aromatic heterocycles. The predicted molar refractivity (Wildman–Crippen MR) is 86.0 cm³/mol. The van der Waals surface area contributed by atoms with Crippen molar-refractivity contribution in [2.45, 2.75) is 19.4 Å². The molecule has 0 radical (unpaired) electrons. The van der Waals surface area contributed by atoms with Crippen molar-refractivity contribution in [2.75, 3.05) is 19.6 Å². The molecule has 0 unspecified atom stereocenters. The van der Waals surface area contributed by atoms with E-state index in [-0.39, 0.29) is 29.3 Å². The molecule has 23 heavy (non-hydrogen) atoms. The van der Waals surface area contributed by atoms with Gasteiger partial charge >= 0.3 is 5.97 Å². The molecule has 1 aromatic carbocycles. The van der Waals surface area contributed by atoms with Crippen LogP contribution in [0.25, 0.3) is 0 Å². The van der Waals surface area contributed by atoms with E-state index in [0.29, 0.717) is 38.0 Å². The molecule has 8 heteroatoms. The predicted octanol–water partition coefficient (Wildman–Crippen LogP) is 1.81. The maximum absolute atomic E-state index is 12.0. The molecule has 0 aliphatic carbocycles. The Morgan fingerprint density at radius 2 is 1.87 bits per heavy atom. The fraction of sp³-hybridized carbons (Fsp3) is 0.467. The van der Waals surface area contributed by atoms with E-state index < -0.39 is 4.92 Å². The van der Waals surface area contributed by atoms with E-state index in [1.54, 1.807) is 12.1 Å². The Kier molecular flexibility index (Phi) is 6.12. The minimum Gasteiger partial charge on any atom is -0.461 e. The van der Waals surface area contributed by atoms with Crippen molar-refractivity contribution in [3.8, 4) is 0 Å². The Morgan fingerprint density at radius 1 is 1.26 bits per heavy atom. The van der Waals surface area contributed by atoms with E-state index in [4.69, 9.17) is 4.74 Å². The molecule has 0 spiro atoms. The number of nitro benzene ring substituents is 1. The van der Waals surface area contributed by atoms with Crippen molar-refractivity contribution in [3.63, 3.8) is 0 Å². The molecule has 2 rings (SSSR count). The molecular formula is C15H18N2O5S. The van der Waals surface area contributed by atoms with Crippen molar-refractivity contribution in [3.05, 3.63) is 39.9 Å². The van der Waals surface area contributed by atoms with Gasteiger partial charge in [0.1, 0.15) is 6.61 Å². The van der Waals surface area contributed by atoms with Gasteiger partial charge in [-0.05, 0) is 43.6 Å². The van der Waals surface area contributed by atoms with Crippen molar-refractivity contribution in [2.24, 2.45) is 5.92 Å². The number of hydrogen-bond donors (Lipinski definition) is 1. The number of carbonyl (C=O) groups is 2. The van der Waals surface area contributed by atoms with E-state index in [1.165, 1.54) is 12.1 Å². The van der Waals surface area contributed by atoms with Crippen LogP contribution >= 0.6 is 12.6 Å². The zero-order valence-electron chi connectivity index (χ0n) is 12.5. The third-order valence-electron chi connectivity index (χ3n) is 3.81. The van der Waals surface area contributed by atoms with Crippen LogP contribution in [0.2, 0.25) is 0 Å². The molecule has 0 bridgehead atoms. The van der Waals surface area contributed by atoms with Gasteiger partial charge < -0.3 is 4.74 Å². The van der Waals surface area contributed by atoms with Crippen LogP contribution in [-0.2, 0) is 20.9 Å². The lowest BCUT2D eigenvalue weighted by Crippen LogP contribution is -2.38. The van der Waals surface area contributed by atoms with Crippen molar-refractivity contribution < 1.29 is 19.2 Å². The molecule has 1 aromatic rings. The molecule has 0 amide bonds. The summed E-state index contributed by atoms with van der Waals surface area (Å²) < 4.78 is 5.27. The van der Waals surface area contributed by atoms with Crippen LogP contribution in [0.3, 0.4) is 0 Å². The van der Waals surface area contributed by atoms with Crippen LogP contribution in [-0.4, -0.2) is 40.5 Å². The average Bonchev–Trinajstić information content (AvgIpc) is 2.53.